The maximum atomic E-state index is 12.5. The van der Waals surface area contributed by atoms with E-state index in [9.17, 15) is 18.3 Å². The van der Waals surface area contributed by atoms with Gasteiger partial charge in [-0.2, -0.15) is 0 Å². The summed E-state index contributed by atoms with van der Waals surface area (Å²) in [6.45, 7) is 1.77. The van der Waals surface area contributed by atoms with Crippen molar-refractivity contribution in [1.29, 1.82) is 0 Å². The van der Waals surface area contributed by atoms with Gasteiger partial charge in [0.15, 0.2) is 21.5 Å². The van der Waals surface area contributed by atoms with Crippen molar-refractivity contribution in [3.8, 4) is 0 Å². The molecule has 0 radical (unpaired) electrons. The molecule has 0 bridgehead atoms. The minimum atomic E-state index is -3.59. The van der Waals surface area contributed by atoms with Crippen LogP contribution in [-0.4, -0.2) is 42.3 Å². The zero-order valence-electron chi connectivity index (χ0n) is 16.6. The molecule has 9 heteroatoms. The average Bonchev–Trinajstić information content (AvgIpc) is 3.15. The lowest BCUT2D eigenvalue weighted by Gasteiger charge is -2.22. The Morgan fingerprint density at radius 3 is 2.50 bits per heavy atom. The highest BCUT2D eigenvalue weighted by Gasteiger charge is 2.29. The molecule has 1 aromatic heterocycles. The zero-order valence-corrected chi connectivity index (χ0v) is 17.4. The lowest BCUT2D eigenvalue weighted by Crippen LogP contribution is -2.50. The number of aliphatic hydroxyl groups is 1. The zero-order chi connectivity index (χ0) is 21.7. The van der Waals surface area contributed by atoms with Crippen LogP contribution in [0.2, 0.25) is 0 Å². The number of para-hydroxylation sites is 2. The molecule has 1 amide bonds. The third-order valence-electron chi connectivity index (χ3n) is 4.71. The molecule has 0 aliphatic rings. The SMILES string of the molecule is CC[C@H](NC(=O)C(N)CS(=O)(=O)Cc1ccccc1)C(O)c1nc2ccccc2o1. The average molecular weight is 432 g/mol. The molecule has 1 heterocycles. The first-order chi connectivity index (χ1) is 14.3. The van der Waals surface area contributed by atoms with E-state index in [1.807, 2.05) is 0 Å². The Balaban J connectivity index is 1.63. The fourth-order valence-electron chi connectivity index (χ4n) is 3.12. The van der Waals surface area contributed by atoms with Gasteiger partial charge in [-0.05, 0) is 24.1 Å². The molecule has 30 heavy (non-hydrogen) atoms. The van der Waals surface area contributed by atoms with E-state index in [1.165, 1.54) is 0 Å². The van der Waals surface area contributed by atoms with Crippen LogP contribution in [0.5, 0.6) is 0 Å². The summed E-state index contributed by atoms with van der Waals surface area (Å²) in [6, 6.07) is 13.8. The number of carbonyl (C=O) groups excluding carboxylic acids is 1. The van der Waals surface area contributed by atoms with E-state index in [2.05, 4.69) is 10.3 Å². The molecule has 3 aromatic rings. The standard InChI is InChI=1S/C21H25N3O5S/c1-2-16(19(25)21-24-17-10-6-7-11-18(17)29-21)23-20(26)15(22)13-30(27,28)12-14-8-4-3-5-9-14/h3-11,15-16,19,25H,2,12-13,22H2,1H3,(H,23,26)/t15?,16-,19?/m0/s1. The predicted octanol–water partition coefficient (Wildman–Crippen LogP) is 1.70. The first kappa shape index (κ1) is 21.9. The van der Waals surface area contributed by atoms with E-state index in [-0.39, 0.29) is 11.6 Å². The van der Waals surface area contributed by atoms with E-state index < -0.39 is 39.7 Å². The first-order valence-corrected chi connectivity index (χ1v) is 11.4. The molecule has 0 fully saturated rings. The highest BCUT2D eigenvalue weighted by atomic mass is 32.2. The summed E-state index contributed by atoms with van der Waals surface area (Å²) >= 11 is 0. The number of nitrogens with one attached hydrogen (secondary N) is 1. The molecule has 3 atom stereocenters. The lowest BCUT2D eigenvalue weighted by atomic mass is 10.1. The molecule has 8 nitrogen and oxygen atoms in total. The van der Waals surface area contributed by atoms with Crippen LogP contribution >= 0.6 is 0 Å². The van der Waals surface area contributed by atoms with Crippen molar-refractivity contribution in [3.05, 3.63) is 66.1 Å². The van der Waals surface area contributed by atoms with Crippen LogP contribution in [0.15, 0.2) is 59.0 Å². The number of amides is 1. The predicted molar refractivity (Wildman–Crippen MR) is 113 cm³/mol. The Bertz CT molecular complexity index is 1070. The number of aliphatic hydroxyl groups excluding tert-OH is 1. The number of hydrogen-bond acceptors (Lipinski definition) is 7. The number of carbonyl (C=O) groups is 1. The van der Waals surface area contributed by atoms with Gasteiger partial charge in [0, 0.05) is 0 Å². The molecule has 0 aliphatic heterocycles. The fraction of sp³-hybridized carbons (Fsp3) is 0.333. The van der Waals surface area contributed by atoms with Gasteiger partial charge in [0.05, 0.1) is 23.6 Å². The number of aromatic nitrogens is 1. The Labute approximate surface area is 175 Å². The normalized spacial score (nSPS) is 14.9. The van der Waals surface area contributed by atoms with Gasteiger partial charge >= 0.3 is 0 Å². The number of nitrogens with two attached hydrogens (primary N) is 1. The molecule has 0 spiro atoms. The van der Waals surface area contributed by atoms with Crippen molar-refractivity contribution in [1.82, 2.24) is 10.3 Å². The van der Waals surface area contributed by atoms with Gasteiger partial charge < -0.3 is 20.6 Å². The number of oxazole rings is 1. The summed E-state index contributed by atoms with van der Waals surface area (Å²) in [5.41, 5.74) is 7.59. The summed E-state index contributed by atoms with van der Waals surface area (Å²) in [5, 5.41) is 13.2. The number of benzene rings is 2. The largest absolute Gasteiger partial charge is 0.438 e. The molecule has 160 valence electrons. The van der Waals surface area contributed by atoms with Gasteiger partial charge in [-0.1, -0.05) is 49.4 Å². The lowest BCUT2D eigenvalue weighted by molar-refractivity contribution is -0.123. The Kier molecular flexibility index (Phi) is 6.86. The van der Waals surface area contributed by atoms with E-state index in [0.717, 1.165) is 0 Å². The van der Waals surface area contributed by atoms with Crippen molar-refractivity contribution in [2.75, 3.05) is 5.75 Å². The Hall–Kier alpha value is -2.75. The van der Waals surface area contributed by atoms with Crippen LogP contribution in [0.4, 0.5) is 0 Å². The molecular formula is C21H25N3O5S. The number of sulfone groups is 1. The van der Waals surface area contributed by atoms with Gasteiger partial charge in [-0.3, -0.25) is 4.79 Å². The summed E-state index contributed by atoms with van der Waals surface area (Å²) in [4.78, 5) is 16.7. The third-order valence-corrected chi connectivity index (χ3v) is 6.35. The van der Waals surface area contributed by atoms with Crippen molar-refractivity contribution < 1.29 is 22.7 Å². The molecular weight excluding hydrogens is 406 g/mol. The van der Waals surface area contributed by atoms with Gasteiger partial charge in [0.1, 0.15) is 5.52 Å². The number of rotatable bonds is 9. The number of fused-ring (bicyclic) bond motifs is 1. The van der Waals surface area contributed by atoms with Crippen LogP contribution in [0.1, 0.15) is 30.9 Å². The third kappa shape index (κ3) is 5.44. The maximum absolute atomic E-state index is 12.5. The van der Waals surface area contributed by atoms with Gasteiger partial charge in [-0.25, -0.2) is 13.4 Å². The quantitative estimate of drug-likeness (QED) is 0.469. The molecule has 3 rings (SSSR count). The van der Waals surface area contributed by atoms with Gasteiger partial charge in [0.2, 0.25) is 11.8 Å². The fourth-order valence-corrected chi connectivity index (χ4v) is 4.64. The van der Waals surface area contributed by atoms with Crippen molar-refractivity contribution in [2.24, 2.45) is 5.73 Å². The van der Waals surface area contributed by atoms with Crippen LogP contribution < -0.4 is 11.1 Å². The molecule has 4 N–H and O–H groups in total. The number of hydrogen-bond donors (Lipinski definition) is 3. The van der Waals surface area contributed by atoms with Crippen LogP contribution in [0.25, 0.3) is 11.1 Å². The summed E-state index contributed by atoms with van der Waals surface area (Å²) in [7, 11) is -3.59. The maximum Gasteiger partial charge on any atom is 0.238 e. The van der Waals surface area contributed by atoms with Crippen LogP contribution in [0, 0.1) is 0 Å². The minimum Gasteiger partial charge on any atom is -0.438 e. The van der Waals surface area contributed by atoms with Gasteiger partial charge in [0.25, 0.3) is 0 Å². The highest BCUT2D eigenvalue weighted by molar-refractivity contribution is 7.90. The van der Waals surface area contributed by atoms with Crippen LogP contribution in [0.3, 0.4) is 0 Å². The summed E-state index contributed by atoms with van der Waals surface area (Å²) in [6.07, 6.45) is -0.825. The molecule has 0 saturated carbocycles. The number of nitrogens with zero attached hydrogens (tertiary/aromatic N) is 1. The second-order valence-corrected chi connectivity index (χ2v) is 9.24. The van der Waals surface area contributed by atoms with E-state index in [0.29, 0.717) is 23.1 Å². The summed E-state index contributed by atoms with van der Waals surface area (Å²) in [5.74, 6) is -1.27. The second kappa shape index (κ2) is 9.38. The Morgan fingerprint density at radius 2 is 1.83 bits per heavy atom. The van der Waals surface area contributed by atoms with E-state index in [4.69, 9.17) is 10.2 Å². The monoisotopic (exact) mass is 431 g/mol. The molecule has 2 aromatic carbocycles. The highest BCUT2D eigenvalue weighted by Crippen LogP contribution is 2.23. The minimum absolute atomic E-state index is 0.0774. The molecule has 2 unspecified atom stereocenters. The second-order valence-electron chi connectivity index (χ2n) is 7.13. The first-order valence-electron chi connectivity index (χ1n) is 9.63. The molecule has 0 aliphatic carbocycles. The van der Waals surface area contributed by atoms with Gasteiger partial charge in [-0.15, -0.1) is 0 Å². The molecule has 0 saturated heterocycles. The van der Waals surface area contributed by atoms with E-state index in [1.54, 1.807) is 61.5 Å². The van der Waals surface area contributed by atoms with Crippen LogP contribution in [-0.2, 0) is 20.4 Å². The Morgan fingerprint density at radius 1 is 1.17 bits per heavy atom. The van der Waals surface area contributed by atoms with Crippen molar-refractivity contribution in [2.45, 2.75) is 37.3 Å². The smallest absolute Gasteiger partial charge is 0.238 e. The summed E-state index contributed by atoms with van der Waals surface area (Å²) < 4.78 is 30.3. The van der Waals surface area contributed by atoms with E-state index >= 15 is 0 Å². The van der Waals surface area contributed by atoms with Crippen molar-refractivity contribution >= 4 is 26.8 Å². The topological polar surface area (TPSA) is 136 Å². The van der Waals surface area contributed by atoms with Crippen molar-refractivity contribution in [3.63, 3.8) is 0 Å².